The van der Waals surface area contributed by atoms with E-state index >= 15 is 0 Å². The van der Waals surface area contributed by atoms with Gasteiger partial charge in [-0.25, -0.2) is 4.98 Å². The topological polar surface area (TPSA) is 43.1 Å². The highest BCUT2D eigenvalue weighted by molar-refractivity contribution is 5.67. The predicted molar refractivity (Wildman–Crippen MR) is 57.2 cm³/mol. The van der Waals surface area contributed by atoms with Gasteiger partial charge >= 0.3 is 0 Å². The minimum Gasteiger partial charge on any atom is -0.439 e. The third kappa shape index (κ3) is 1.96. The van der Waals surface area contributed by atoms with Gasteiger partial charge in [0.1, 0.15) is 5.76 Å². The Kier molecular flexibility index (Phi) is 2.89. The molecule has 1 aromatic rings. The predicted octanol–water partition coefficient (Wildman–Crippen LogP) is 3.27. The van der Waals surface area contributed by atoms with Gasteiger partial charge in [0.15, 0.2) is 0 Å². The van der Waals surface area contributed by atoms with Crippen LogP contribution in [0.5, 0.6) is 0 Å². The van der Waals surface area contributed by atoms with Gasteiger partial charge in [-0.2, -0.15) is 0 Å². The highest BCUT2D eigenvalue weighted by Gasteiger charge is 2.26. The highest BCUT2D eigenvalue weighted by Crippen LogP contribution is 2.37. The molecule has 0 saturated heterocycles. The maximum atomic E-state index is 10.7. The minimum absolute atomic E-state index is 0.237. The molecule has 0 bridgehead atoms. The summed E-state index contributed by atoms with van der Waals surface area (Å²) < 4.78 is 5.46. The Morgan fingerprint density at radius 2 is 2.07 bits per heavy atom. The van der Waals surface area contributed by atoms with Gasteiger partial charge in [-0.1, -0.05) is 26.7 Å². The second-order valence-corrected chi connectivity index (χ2v) is 4.56. The molecule has 1 aliphatic carbocycles. The number of hydrogen-bond acceptors (Lipinski definition) is 3. The van der Waals surface area contributed by atoms with Crippen LogP contribution in [0.4, 0.5) is 0 Å². The number of carbonyl (C=O) groups is 1. The zero-order valence-electron chi connectivity index (χ0n) is 9.32. The number of aldehydes is 1. The second-order valence-electron chi connectivity index (χ2n) is 4.56. The Bertz CT molecular complexity index is 349. The van der Waals surface area contributed by atoms with E-state index in [1.807, 2.05) is 0 Å². The molecule has 0 amide bonds. The van der Waals surface area contributed by atoms with Gasteiger partial charge < -0.3 is 4.42 Å². The zero-order valence-corrected chi connectivity index (χ0v) is 9.32. The van der Waals surface area contributed by atoms with E-state index in [0.29, 0.717) is 18.1 Å². The van der Waals surface area contributed by atoms with E-state index in [9.17, 15) is 4.79 Å². The first-order valence-corrected chi connectivity index (χ1v) is 5.68. The lowest BCUT2D eigenvalue weighted by Gasteiger charge is -2.08. The van der Waals surface area contributed by atoms with Crippen LogP contribution in [0.25, 0.3) is 0 Å². The molecular weight excluding hydrogens is 190 g/mol. The lowest BCUT2D eigenvalue weighted by Crippen LogP contribution is -1.99. The molecule has 1 fully saturated rings. The fraction of sp³-hybridized carbons (Fsp3) is 0.667. The Labute approximate surface area is 89.9 Å². The second kappa shape index (κ2) is 4.17. The molecule has 0 atom stereocenters. The van der Waals surface area contributed by atoms with Crippen LogP contribution in [0.15, 0.2) is 4.42 Å². The molecule has 3 nitrogen and oxygen atoms in total. The first-order valence-electron chi connectivity index (χ1n) is 5.68. The van der Waals surface area contributed by atoms with Gasteiger partial charge in [0.2, 0.25) is 6.29 Å². The molecule has 0 aliphatic heterocycles. The van der Waals surface area contributed by atoms with Gasteiger partial charge in [0.25, 0.3) is 5.89 Å². The van der Waals surface area contributed by atoms with E-state index in [4.69, 9.17) is 4.42 Å². The molecule has 0 aromatic carbocycles. The van der Waals surface area contributed by atoms with Gasteiger partial charge in [0, 0.05) is 11.8 Å². The lowest BCUT2D eigenvalue weighted by atomic mass is 9.98. The largest absolute Gasteiger partial charge is 0.439 e. The number of carbonyl (C=O) groups excluding carboxylic acids is 1. The summed E-state index contributed by atoms with van der Waals surface area (Å²) in [5.74, 6) is 1.96. The number of nitrogens with zero attached hydrogens (tertiary/aromatic N) is 1. The van der Waals surface area contributed by atoms with Crippen molar-refractivity contribution in [2.75, 3.05) is 0 Å². The molecule has 82 valence electrons. The number of hydrogen-bond donors (Lipinski definition) is 0. The first-order chi connectivity index (χ1) is 7.22. The van der Waals surface area contributed by atoms with Crippen LogP contribution in [0.2, 0.25) is 0 Å². The number of rotatable bonds is 3. The quantitative estimate of drug-likeness (QED) is 0.714. The SMILES string of the molecule is CC(C)c1oc(C=O)nc1C1CCCC1. The molecule has 15 heavy (non-hydrogen) atoms. The van der Waals surface area contributed by atoms with Crippen molar-refractivity contribution in [3.63, 3.8) is 0 Å². The summed E-state index contributed by atoms with van der Waals surface area (Å²) in [7, 11) is 0. The maximum absolute atomic E-state index is 10.7. The molecule has 1 aliphatic rings. The molecule has 3 heteroatoms. The molecule has 0 N–H and O–H groups in total. The maximum Gasteiger partial charge on any atom is 0.260 e. The molecule has 0 radical (unpaired) electrons. The van der Waals surface area contributed by atoms with E-state index in [0.717, 1.165) is 11.5 Å². The monoisotopic (exact) mass is 207 g/mol. The molecule has 0 unspecified atom stereocenters. The summed E-state index contributed by atoms with van der Waals surface area (Å²) in [5, 5.41) is 0. The van der Waals surface area contributed by atoms with Crippen molar-refractivity contribution in [1.29, 1.82) is 0 Å². The van der Waals surface area contributed by atoms with Crippen LogP contribution in [0, 0.1) is 0 Å². The van der Waals surface area contributed by atoms with Crippen LogP contribution in [0.3, 0.4) is 0 Å². The molecule has 1 aromatic heterocycles. The average molecular weight is 207 g/mol. The van der Waals surface area contributed by atoms with E-state index in [1.54, 1.807) is 0 Å². The Morgan fingerprint density at radius 1 is 1.40 bits per heavy atom. The van der Waals surface area contributed by atoms with Crippen molar-refractivity contribution >= 4 is 6.29 Å². The van der Waals surface area contributed by atoms with Crippen molar-refractivity contribution < 1.29 is 9.21 Å². The molecule has 0 spiro atoms. The smallest absolute Gasteiger partial charge is 0.260 e. The summed E-state index contributed by atoms with van der Waals surface area (Å²) in [6.45, 7) is 4.15. The summed E-state index contributed by atoms with van der Waals surface area (Å²) in [6, 6.07) is 0. The normalized spacial score (nSPS) is 17.5. The Morgan fingerprint density at radius 3 is 2.60 bits per heavy atom. The van der Waals surface area contributed by atoms with Crippen molar-refractivity contribution in [2.24, 2.45) is 0 Å². The summed E-state index contributed by atoms with van der Waals surface area (Å²) in [4.78, 5) is 15.0. The number of aromatic nitrogens is 1. The minimum atomic E-state index is 0.237. The molecular formula is C12H17NO2. The summed E-state index contributed by atoms with van der Waals surface area (Å²) in [5.41, 5.74) is 1.03. The third-order valence-electron chi connectivity index (χ3n) is 3.06. The Hall–Kier alpha value is -1.12. The van der Waals surface area contributed by atoms with Crippen LogP contribution in [0.1, 0.15) is 73.5 Å². The van der Waals surface area contributed by atoms with E-state index < -0.39 is 0 Å². The van der Waals surface area contributed by atoms with Gasteiger partial charge in [-0.15, -0.1) is 0 Å². The fourth-order valence-electron chi connectivity index (χ4n) is 2.32. The van der Waals surface area contributed by atoms with E-state index in [-0.39, 0.29) is 5.89 Å². The summed E-state index contributed by atoms with van der Waals surface area (Å²) in [6.07, 6.45) is 5.61. The first kappa shape index (κ1) is 10.4. The molecule has 1 heterocycles. The molecule has 1 saturated carbocycles. The number of oxazole rings is 1. The third-order valence-corrected chi connectivity index (χ3v) is 3.06. The van der Waals surface area contributed by atoms with E-state index in [2.05, 4.69) is 18.8 Å². The van der Waals surface area contributed by atoms with Gasteiger partial charge in [-0.05, 0) is 12.8 Å². The van der Waals surface area contributed by atoms with Crippen LogP contribution < -0.4 is 0 Å². The van der Waals surface area contributed by atoms with Crippen molar-refractivity contribution in [3.05, 3.63) is 17.3 Å². The van der Waals surface area contributed by atoms with Crippen molar-refractivity contribution in [2.45, 2.75) is 51.4 Å². The van der Waals surface area contributed by atoms with Crippen molar-refractivity contribution in [1.82, 2.24) is 4.98 Å². The van der Waals surface area contributed by atoms with E-state index in [1.165, 1.54) is 25.7 Å². The molecule has 2 rings (SSSR count). The van der Waals surface area contributed by atoms with Crippen LogP contribution in [-0.4, -0.2) is 11.3 Å². The Balaban J connectivity index is 2.34. The standard InChI is InChI=1S/C12H17NO2/c1-8(2)12-11(9-5-3-4-6-9)13-10(7-14)15-12/h7-9H,3-6H2,1-2H3. The lowest BCUT2D eigenvalue weighted by molar-refractivity contribution is 0.109. The average Bonchev–Trinajstić information content (AvgIpc) is 2.86. The zero-order chi connectivity index (χ0) is 10.8. The highest BCUT2D eigenvalue weighted by atomic mass is 16.4. The van der Waals surface area contributed by atoms with Gasteiger partial charge in [0.05, 0.1) is 5.69 Å². The summed E-state index contributed by atoms with van der Waals surface area (Å²) >= 11 is 0. The van der Waals surface area contributed by atoms with Crippen molar-refractivity contribution in [3.8, 4) is 0 Å². The van der Waals surface area contributed by atoms with Gasteiger partial charge in [-0.3, -0.25) is 4.79 Å². The fourth-order valence-corrected chi connectivity index (χ4v) is 2.32. The van der Waals surface area contributed by atoms with Crippen LogP contribution >= 0.6 is 0 Å². The van der Waals surface area contributed by atoms with Crippen LogP contribution in [-0.2, 0) is 0 Å².